The molecule has 1 aromatic rings. The van der Waals surface area contributed by atoms with Gasteiger partial charge in [-0.05, 0) is 43.4 Å². The fourth-order valence-electron chi connectivity index (χ4n) is 3.57. The van der Waals surface area contributed by atoms with Crippen LogP contribution < -0.4 is 10.1 Å². The summed E-state index contributed by atoms with van der Waals surface area (Å²) in [6.07, 6.45) is 6.29. The number of hydrogen-bond donors (Lipinski definition) is 1. The second kappa shape index (κ2) is 10.2. The molecule has 0 heterocycles. The van der Waals surface area contributed by atoms with Crippen LogP contribution >= 0.6 is 0 Å². The first-order valence-electron chi connectivity index (χ1n) is 9.81. The average Bonchev–Trinajstić information content (AvgIpc) is 3.15. The van der Waals surface area contributed by atoms with E-state index in [9.17, 15) is 9.59 Å². The molecule has 1 atom stereocenters. The molecule has 0 aliphatic heterocycles. The lowest BCUT2D eigenvalue weighted by Gasteiger charge is -2.31. The lowest BCUT2D eigenvalue weighted by atomic mass is 10.1. The van der Waals surface area contributed by atoms with Crippen molar-refractivity contribution in [3.63, 3.8) is 0 Å². The average molecular weight is 360 g/mol. The normalized spacial score (nSPS) is 15.5. The van der Waals surface area contributed by atoms with Crippen LogP contribution in [-0.2, 0) is 16.1 Å². The van der Waals surface area contributed by atoms with E-state index < -0.39 is 6.04 Å². The van der Waals surface area contributed by atoms with E-state index in [-0.39, 0.29) is 17.9 Å². The Morgan fingerprint density at radius 1 is 1.19 bits per heavy atom. The van der Waals surface area contributed by atoms with Gasteiger partial charge < -0.3 is 15.0 Å². The van der Waals surface area contributed by atoms with Gasteiger partial charge in [-0.2, -0.15) is 0 Å². The quantitative estimate of drug-likeness (QED) is 0.731. The molecule has 0 aromatic heterocycles. The Bertz CT molecular complexity index is 579. The van der Waals surface area contributed by atoms with Gasteiger partial charge in [0.25, 0.3) is 0 Å². The Balaban J connectivity index is 2.13. The fourth-order valence-corrected chi connectivity index (χ4v) is 3.57. The minimum Gasteiger partial charge on any atom is -0.497 e. The number of rotatable bonds is 9. The number of methoxy groups -OCH3 is 1. The molecule has 2 amide bonds. The third-order valence-corrected chi connectivity index (χ3v) is 5.06. The summed E-state index contributed by atoms with van der Waals surface area (Å²) in [5.41, 5.74) is 1.00. The maximum atomic E-state index is 12.8. The monoisotopic (exact) mass is 360 g/mol. The summed E-state index contributed by atoms with van der Waals surface area (Å²) in [6.45, 7) is 4.40. The van der Waals surface area contributed by atoms with Gasteiger partial charge in [0.2, 0.25) is 11.8 Å². The Labute approximate surface area is 157 Å². The van der Waals surface area contributed by atoms with E-state index in [1.807, 2.05) is 38.1 Å². The van der Waals surface area contributed by atoms with Gasteiger partial charge in [-0.15, -0.1) is 0 Å². The van der Waals surface area contributed by atoms with Crippen LogP contribution in [0.2, 0.25) is 0 Å². The first-order chi connectivity index (χ1) is 12.6. The highest BCUT2D eigenvalue weighted by atomic mass is 16.5. The van der Waals surface area contributed by atoms with Crippen LogP contribution in [0.5, 0.6) is 5.75 Å². The molecule has 0 bridgehead atoms. The van der Waals surface area contributed by atoms with Crippen molar-refractivity contribution in [1.82, 2.24) is 10.2 Å². The number of carbonyl (C=O) groups excluding carboxylic acids is 2. The van der Waals surface area contributed by atoms with E-state index >= 15 is 0 Å². The smallest absolute Gasteiger partial charge is 0.243 e. The first kappa shape index (κ1) is 20.3. The number of nitrogens with one attached hydrogen (secondary N) is 1. The predicted octanol–water partition coefficient (Wildman–Crippen LogP) is 3.66. The lowest BCUT2D eigenvalue weighted by molar-refractivity contribution is -0.141. The van der Waals surface area contributed by atoms with E-state index in [2.05, 4.69) is 5.32 Å². The number of hydrogen-bond acceptors (Lipinski definition) is 3. The third-order valence-electron chi connectivity index (χ3n) is 5.06. The van der Waals surface area contributed by atoms with Gasteiger partial charge in [-0.1, -0.05) is 38.8 Å². The standard InChI is InChI=1S/C21H32N2O3/c1-4-8-20(24)23(15-16-11-13-18(26-3)14-12-16)19(5-2)21(25)22-17-9-6-7-10-17/h11-14,17,19H,4-10,15H2,1-3H3,(H,22,25)/t19-/m0/s1. The molecule has 1 fully saturated rings. The SMILES string of the molecule is CCCC(=O)N(Cc1ccc(OC)cc1)[C@@H](CC)C(=O)NC1CCCC1. The third kappa shape index (κ3) is 5.48. The van der Waals surface area contributed by atoms with Crippen molar-refractivity contribution in [2.45, 2.75) is 77.4 Å². The minimum atomic E-state index is -0.420. The highest BCUT2D eigenvalue weighted by molar-refractivity contribution is 5.87. The van der Waals surface area contributed by atoms with Crippen LogP contribution in [0.25, 0.3) is 0 Å². The zero-order chi connectivity index (χ0) is 18.9. The van der Waals surface area contributed by atoms with Crippen molar-refractivity contribution < 1.29 is 14.3 Å². The van der Waals surface area contributed by atoms with Crippen LogP contribution in [0.3, 0.4) is 0 Å². The van der Waals surface area contributed by atoms with Gasteiger partial charge >= 0.3 is 0 Å². The maximum Gasteiger partial charge on any atom is 0.243 e. The van der Waals surface area contributed by atoms with Crippen LogP contribution in [0.1, 0.15) is 64.4 Å². The number of amides is 2. The predicted molar refractivity (Wildman–Crippen MR) is 103 cm³/mol. The number of benzene rings is 1. The van der Waals surface area contributed by atoms with Crippen LogP contribution in [-0.4, -0.2) is 35.9 Å². The molecule has 5 nitrogen and oxygen atoms in total. The molecule has 0 radical (unpaired) electrons. The molecule has 0 spiro atoms. The van der Waals surface area contributed by atoms with Crippen molar-refractivity contribution >= 4 is 11.8 Å². The molecular formula is C21H32N2O3. The number of ether oxygens (including phenoxy) is 1. The van der Waals surface area contributed by atoms with Gasteiger partial charge in [-0.25, -0.2) is 0 Å². The maximum absolute atomic E-state index is 12.8. The van der Waals surface area contributed by atoms with Crippen molar-refractivity contribution in [3.8, 4) is 5.75 Å². The molecule has 1 aliphatic carbocycles. The second-order valence-corrected chi connectivity index (χ2v) is 7.03. The summed E-state index contributed by atoms with van der Waals surface area (Å²) in [4.78, 5) is 27.3. The molecule has 0 saturated heterocycles. The minimum absolute atomic E-state index is 0.0163. The second-order valence-electron chi connectivity index (χ2n) is 7.03. The van der Waals surface area contributed by atoms with Gasteiger partial charge in [0.05, 0.1) is 7.11 Å². The Hall–Kier alpha value is -2.04. The highest BCUT2D eigenvalue weighted by Crippen LogP contribution is 2.20. The molecule has 1 aromatic carbocycles. The Morgan fingerprint density at radius 3 is 2.38 bits per heavy atom. The Morgan fingerprint density at radius 2 is 1.85 bits per heavy atom. The van der Waals surface area contributed by atoms with Crippen molar-refractivity contribution in [2.24, 2.45) is 0 Å². The van der Waals surface area contributed by atoms with Crippen LogP contribution in [0, 0.1) is 0 Å². The van der Waals surface area contributed by atoms with E-state index in [1.165, 1.54) is 12.8 Å². The van der Waals surface area contributed by atoms with E-state index in [0.717, 1.165) is 30.6 Å². The van der Waals surface area contributed by atoms with Crippen LogP contribution in [0.15, 0.2) is 24.3 Å². The van der Waals surface area contributed by atoms with E-state index in [0.29, 0.717) is 19.4 Å². The topological polar surface area (TPSA) is 58.6 Å². The summed E-state index contributed by atoms with van der Waals surface area (Å²) in [5.74, 6) is 0.806. The van der Waals surface area contributed by atoms with Gasteiger partial charge in [0, 0.05) is 19.0 Å². The van der Waals surface area contributed by atoms with Crippen molar-refractivity contribution in [1.29, 1.82) is 0 Å². The molecule has 26 heavy (non-hydrogen) atoms. The summed E-state index contributed by atoms with van der Waals surface area (Å²) in [6, 6.07) is 7.52. The Kier molecular flexibility index (Phi) is 7.95. The zero-order valence-electron chi connectivity index (χ0n) is 16.3. The van der Waals surface area contributed by atoms with Gasteiger partial charge in [0.15, 0.2) is 0 Å². The highest BCUT2D eigenvalue weighted by Gasteiger charge is 2.30. The fraction of sp³-hybridized carbons (Fsp3) is 0.619. The van der Waals surface area contributed by atoms with Gasteiger partial charge in [0.1, 0.15) is 11.8 Å². The van der Waals surface area contributed by atoms with Gasteiger partial charge in [-0.3, -0.25) is 9.59 Å². The van der Waals surface area contributed by atoms with Crippen LogP contribution in [0.4, 0.5) is 0 Å². The molecule has 144 valence electrons. The summed E-state index contributed by atoms with van der Waals surface area (Å²) >= 11 is 0. The van der Waals surface area contributed by atoms with Crippen molar-refractivity contribution in [3.05, 3.63) is 29.8 Å². The molecule has 1 N–H and O–H groups in total. The molecular weight excluding hydrogens is 328 g/mol. The molecule has 1 aliphatic rings. The van der Waals surface area contributed by atoms with E-state index in [1.54, 1.807) is 12.0 Å². The summed E-state index contributed by atoms with van der Waals surface area (Å²) < 4.78 is 5.20. The molecule has 2 rings (SSSR count). The molecule has 0 unspecified atom stereocenters. The van der Waals surface area contributed by atoms with Crippen molar-refractivity contribution in [2.75, 3.05) is 7.11 Å². The summed E-state index contributed by atoms with van der Waals surface area (Å²) in [7, 11) is 1.63. The number of nitrogens with zero attached hydrogens (tertiary/aromatic N) is 1. The largest absolute Gasteiger partial charge is 0.497 e. The number of carbonyl (C=O) groups is 2. The first-order valence-corrected chi connectivity index (χ1v) is 9.81. The molecule has 1 saturated carbocycles. The summed E-state index contributed by atoms with van der Waals surface area (Å²) in [5, 5.41) is 3.16. The van der Waals surface area contributed by atoms with E-state index in [4.69, 9.17) is 4.74 Å². The lowest BCUT2D eigenvalue weighted by Crippen LogP contribution is -2.50. The zero-order valence-corrected chi connectivity index (χ0v) is 16.3. The molecule has 5 heteroatoms.